The zero-order valence-corrected chi connectivity index (χ0v) is 7.73. The van der Waals surface area contributed by atoms with E-state index in [1.54, 1.807) is 21.0 Å². The molecule has 0 saturated heterocycles. The van der Waals surface area contributed by atoms with Crippen LogP contribution in [0, 0.1) is 5.41 Å². The van der Waals surface area contributed by atoms with E-state index in [-0.39, 0.29) is 16.3 Å². The van der Waals surface area contributed by atoms with Gasteiger partial charge in [0.25, 0.3) is 0 Å². The number of hydrogen-bond acceptors (Lipinski definition) is 3. The molecule has 0 aromatic carbocycles. The Bertz CT molecular complexity index is 169. The van der Waals surface area contributed by atoms with Gasteiger partial charge in [0.2, 0.25) is 5.91 Å². The maximum atomic E-state index is 11.1. The lowest BCUT2D eigenvalue weighted by Crippen LogP contribution is -2.31. The van der Waals surface area contributed by atoms with Gasteiger partial charge in [-0.15, -0.1) is 0 Å². The Morgan fingerprint density at radius 2 is 2.09 bits per heavy atom. The van der Waals surface area contributed by atoms with Crippen LogP contribution in [0.4, 0.5) is 0 Å². The van der Waals surface area contributed by atoms with E-state index in [0.29, 0.717) is 0 Å². The molecule has 1 atom stereocenters. The van der Waals surface area contributed by atoms with E-state index in [1.165, 1.54) is 4.90 Å². The number of hydrogen-bond donors (Lipinski definition) is 2. The van der Waals surface area contributed by atoms with E-state index in [1.807, 2.05) is 0 Å². The number of rotatable bonds is 2. The lowest BCUT2D eigenvalue weighted by molar-refractivity contribution is -0.127. The lowest BCUT2D eigenvalue weighted by Gasteiger charge is -2.14. The summed E-state index contributed by atoms with van der Waals surface area (Å²) in [5, 5.41) is 6.65. The van der Waals surface area contributed by atoms with Gasteiger partial charge in [0.05, 0.1) is 5.25 Å². The Labute approximate surface area is 70.6 Å². The minimum atomic E-state index is -0.262. The van der Waals surface area contributed by atoms with Crippen molar-refractivity contribution in [1.29, 1.82) is 5.41 Å². The summed E-state index contributed by atoms with van der Waals surface area (Å²) in [5.41, 5.74) is 5.11. The maximum absolute atomic E-state index is 11.1. The third kappa shape index (κ3) is 3.87. The average molecular weight is 175 g/mol. The summed E-state index contributed by atoms with van der Waals surface area (Å²) >= 11 is 1.06. The van der Waals surface area contributed by atoms with Crippen LogP contribution in [0.25, 0.3) is 0 Å². The van der Waals surface area contributed by atoms with Crippen molar-refractivity contribution in [1.82, 2.24) is 4.90 Å². The van der Waals surface area contributed by atoms with Gasteiger partial charge in [-0.05, 0) is 6.92 Å². The van der Waals surface area contributed by atoms with Crippen LogP contribution in [-0.2, 0) is 4.79 Å². The molecule has 3 N–H and O–H groups in total. The molecule has 0 heterocycles. The van der Waals surface area contributed by atoms with Gasteiger partial charge in [0, 0.05) is 14.1 Å². The van der Waals surface area contributed by atoms with Gasteiger partial charge in [0.1, 0.15) is 0 Å². The van der Waals surface area contributed by atoms with Crippen molar-refractivity contribution in [3.8, 4) is 0 Å². The maximum Gasteiger partial charge on any atom is 0.235 e. The Morgan fingerprint density at radius 1 is 1.64 bits per heavy atom. The van der Waals surface area contributed by atoms with Gasteiger partial charge in [-0.1, -0.05) is 11.8 Å². The summed E-state index contributed by atoms with van der Waals surface area (Å²) in [6.45, 7) is 1.73. The van der Waals surface area contributed by atoms with E-state index in [2.05, 4.69) is 0 Å². The molecule has 0 rings (SSSR count). The Hall–Kier alpha value is -0.710. The van der Waals surface area contributed by atoms with Crippen molar-refractivity contribution in [3.05, 3.63) is 0 Å². The second-order valence-corrected chi connectivity index (χ2v) is 3.74. The highest BCUT2D eigenvalue weighted by atomic mass is 32.2. The minimum absolute atomic E-state index is 0.0206. The van der Waals surface area contributed by atoms with Crippen molar-refractivity contribution >= 4 is 22.8 Å². The Balaban J connectivity index is 3.93. The molecule has 0 aliphatic rings. The standard InChI is InChI=1S/C6H13N3OS/c1-4(11-6(7)8)5(10)9(2)3/h4H,1-3H3,(H3,7,8). The first-order valence-corrected chi connectivity index (χ1v) is 4.05. The third-order valence-corrected chi connectivity index (χ3v) is 1.90. The molecular weight excluding hydrogens is 162 g/mol. The highest BCUT2D eigenvalue weighted by molar-refractivity contribution is 8.14. The van der Waals surface area contributed by atoms with E-state index in [0.717, 1.165) is 11.8 Å². The molecule has 11 heavy (non-hydrogen) atoms. The molecule has 5 heteroatoms. The predicted molar refractivity (Wildman–Crippen MR) is 47.7 cm³/mol. The van der Waals surface area contributed by atoms with E-state index >= 15 is 0 Å². The van der Waals surface area contributed by atoms with Gasteiger partial charge in [-0.3, -0.25) is 10.2 Å². The van der Waals surface area contributed by atoms with Crippen LogP contribution >= 0.6 is 11.8 Å². The summed E-state index contributed by atoms with van der Waals surface area (Å²) in [6, 6.07) is 0. The molecule has 64 valence electrons. The summed E-state index contributed by atoms with van der Waals surface area (Å²) in [7, 11) is 3.36. The molecule has 0 spiro atoms. The number of carbonyl (C=O) groups is 1. The molecule has 0 fully saturated rings. The number of amides is 1. The summed E-state index contributed by atoms with van der Waals surface area (Å²) < 4.78 is 0. The van der Waals surface area contributed by atoms with Crippen molar-refractivity contribution < 1.29 is 4.79 Å². The smallest absolute Gasteiger partial charge is 0.235 e. The second-order valence-electron chi connectivity index (χ2n) is 2.36. The zero-order valence-electron chi connectivity index (χ0n) is 6.92. The van der Waals surface area contributed by atoms with E-state index < -0.39 is 0 Å². The van der Waals surface area contributed by atoms with Crippen LogP contribution in [-0.4, -0.2) is 35.3 Å². The van der Waals surface area contributed by atoms with Crippen LogP contribution in [0.1, 0.15) is 6.92 Å². The van der Waals surface area contributed by atoms with Crippen molar-refractivity contribution in [2.75, 3.05) is 14.1 Å². The fraction of sp³-hybridized carbons (Fsp3) is 0.667. The molecule has 0 aliphatic carbocycles. The monoisotopic (exact) mass is 175 g/mol. The Morgan fingerprint density at radius 3 is 2.36 bits per heavy atom. The number of nitrogens with one attached hydrogen (secondary N) is 1. The Kier molecular flexibility index (Phi) is 3.95. The van der Waals surface area contributed by atoms with Crippen molar-refractivity contribution in [2.45, 2.75) is 12.2 Å². The zero-order chi connectivity index (χ0) is 9.02. The number of carbonyl (C=O) groups excluding carboxylic acids is 1. The second kappa shape index (κ2) is 4.23. The summed E-state index contributed by atoms with van der Waals surface area (Å²) in [6.07, 6.45) is 0. The number of amidine groups is 1. The fourth-order valence-corrected chi connectivity index (χ4v) is 1.30. The minimum Gasteiger partial charge on any atom is -0.379 e. The van der Waals surface area contributed by atoms with Crippen LogP contribution in [0.5, 0.6) is 0 Å². The predicted octanol–water partition coefficient (Wildman–Crippen LogP) is 0.0898. The van der Waals surface area contributed by atoms with E-state index in [9.17, 15) is 4.79 Å². The topological polar surface area (TPSA) is 70.2 Å². The molecule has 0 aromatic rings. The number of nitrogens with zero attached hydrogens (tertiary/aromatic N) is 1. The molecular formula is C6H13N3OS. The molecule has 0 aromatic heterocycles. The SMILES string of the molecule is CC(SC(=N)N)C(=O)N(C)C. The highest BCUT2D eigenvalue weighted by Crippen LogP contribution is 2.10. The largest absolute Gasteiger partial charge is 0.379 e. The first-order chi connectivity index (χ1) is 4.95. The fourth-order valence-electron chi connectivity index (χ4n) is 0.604. The first-order valence-electron chi connectivity index (χ1n) is 3.17. The molecule has 4 nitrogen and oxygen atoms in total. The van der Waals surface area contributed by atoms with Gasteiger partial charge in [0.15, 0.2) is 5.17 Å². The van der Waals surface area contributed by atoms with Crippen molar-refractivity contribution in [2.24, 2.45) is 5.73 Å². The van der Waals surface area contributed by atoms with E-state index in [4.69, 9.17) is 11.1 Å². The molecule has 1 unspecified atom stereocenters. The van der Waals surface area contributed by atoms with Crippen LogP contribution in [0.3, 0.4) is 0 Å². The van der Waals surface area contributed by atoms with Gasteiger partial charge in [-0.2, -0.15) is 0 Å². The quantitative estimate of drug-likeness (QED) is 0.461. The third-order valence-electron chi connectivity index (χ3n) is 1.09. The van der Waals surface area contributed by atoms with Crippen molar-refractivity contribution in [3.63, 3.8) is 0 Å². The molecule has 0 bridgehead atoms. The highest BCUT2D eigenvalue weighted by Gasteiger charge is 2.15. The first kappa shape index (κ1) is 10.3. The molecule has 0 saturated carbocycles. The number of nitrogens with two attached hydrogens (primary N) is 1. The van der Waals surface area contributed by atoms with Gasteiger partial charge < -0.3 is 10.6 Å². The van der Waals surface area contributed by atoms with Crippen LogP contribution < -0.4 is 5.73 Å². The number of thioether (sulfide) groups is 1. The molecule has 0 aliphatic heterocycles. The van der Waals surface area contributed by atoms with Gasteiger partial charge in [-0.25, -0.2) is 0 Å². The normalized spacial score (nSPS) is 12.3. The lowest BCUT2D eigenvalue weighted by atomic mass is 10.4. The van der Waals surface area contributed by atoms with Crippen LogP contribution in [0.15, 0.2) is 0 Å². The summed E-state index contributed by atoms with van der Waals surface area (Å²) in [4.78, 5) is 12.6. The van der Waals surface area contributed by atoms with Crippen LogP contribution in [0.2, 0.25) is 0 Å². The molecule has 1 amide bonds. The average Bonchev–Trinajstić information content (AvgIpc) is 1.84. The molecule has 0 radical (unpaired) electrons. The summed E-state index contributed by atoms with van der Waals surface area (Å²) in [5.74, 6) is -0.0230. The van der Waals surface area contributed by atoms with Gasteiger partial charge >= 0.3 is 0 Å².